The highest BCUT2D eigenvalue weighted by Gasteiger charge is 2.21. The Labute approximate surface area is 183 Å². The van der Waals surface area contributed by atoms with Gasteiger partial charge in [-0.25, -0.2) is 4.98 Å². The summed E-state index contributed by atoms with van der Waals surface area (Å²) in [5.41, 5.74) is 0.937. The van der Waals surface area contributed by atoms with Crippen LogP contribution in [0.25, 0.3) is 11.4 Å². The summed E-state index contributed by atoms with van der Waals surface area (Å²) in [6.45, 7) is 9.02. The van der Waals surface area contributed by atoms with Crippen LogP contribution in [0.4, 0.5) is 17.7 Å². The van der Waals surface area contributed by atoms with Crippen LogP contribution in [0.15, 0.2) is 18.3 Å². The highest BCUT2D eigenvalue weighted by molar-refractivity contribution is 5.60. The second-order valence-electron chi connectivity index (χ2n) is 8.40. The minimum atomic E-state index is 0.704. The van der Waals surface area contributed by atoms with Crippen molar-refractivity contribution in [2.75, 3.05) is 80.3 Å². The molecular weight excluding hydrogens is 392 g/mol. The highest BCUT2D eigenvalue weighted by atomic mass is 16.5. The monoisotopic (exact) mass is 424 g/mol. The maximum Gasteiger partial charge on any atom is 0.230 e. The number of ether oxygens (including phenoxy) is 1. The molecule has 3 aliphatic heterocycles. The second-order valence-corrected chi connectivity index (χ2v) is 8.40. The van der Waals surface area contributed by atoms with Crippen molar-refractivity contribution in [2.45, 2.75) is 25.7 Å². The number of hydrogen-bond donors (Lipinski definition) is 1. The Balaban J connectivity index is 1.45. The number of nitrogens with one attached hydrogen (secondary N) is 1. The van der Waals surface area contributed by atoms with Gasteiger partial charge in [-0.05, 0) is 25.0 Å². The molecule has 2 aromatic heterocycles. The Morgan fingerprint density at radius 3 is 2.03 bits per heavy atom. The zero-order valence-corrected chi connectivity index (χ0v) is 18.2. The first kappa shape index (κ1) is 20.4. The number of anilines is 3. The van der Waals surface area contributed by atoms with Crippen LogP contribution in [-0.2, 0) is 4.74 Å². The zero-order valence-electron chi connectivity index (χ0n) is 18.2. The molecule has 3 aliphatic rings. The maximum atomic E-state index is 5.53. The van der Waals surface area contributed by atoms with Gasteiger partial charge in [0.1, 0.15) is 5.82 Å². The summed E-state index contributed by atoms with van der Waals surface area (Å²) in [6, 6.07) is 4.18. The van der Waals surface area contributed by atoms with Crippen molar-refractivity contribution in [2.24, 2.45) is 0 Å². The second kappa shape index (κ2) is 9.74. The van der Waals surface area contributed by atoms with Gasteiger partial charge in [-0.3, -0.25) is 0 Å². The standard InChI is InChI=1S/C22H32N8O/c1-2-4-10-29(9-3-1)21-25-20(26-22(27-21)30-13-15-31-16-14-30)18-5-6-19(24-17-18)28-11-7-23-8-12-28/h5-6,17,23H,1-4,7-16H2. The molecule has 166 valence electrons. The third-order valence-corrected chi connectivity index (χ3v) is 6.24. The number of pyridine rings is 1. The average Bonchev–Trinajstić information content (AvgIpc) is 3.15. The Bertz CT molecular complexity index is 841. The van der Waals surface area contributed by atoms with Crippen molar-refractivity contribution < 1.29 is 4.74 Å². The molecule has 5 heterocycles. The molecule has 31 heavy (non-hydrogen) atoms. The van der Waals surface area contributed by atoms with Crippen molar-refractivity contribution in [1.29, 1.82) is 0 Å². The zero-order chi connectivity index (χ0) is 20.9. The van der Waals surface area contributed by atoms with E-state index in [1.807, 2.05) is 6.20 Å². The Kier molecular flexibility index (Phi) is 6.40. The summed E-state index contributed by atoms with van der Waals surface area (Å²) >= 11 is 0. The van der Waals surface area contributed by atoms with Gasteiger partial charge in [0, 0.05) is 64.1 Å². The number of rotatable bonds is 4. The van der Waals surface area contributed by atoms with E-state index >= 15 is 0 Å². The third kappa shape index (κ3) is 4.88. The molecule has 3 saturated heterocycles. The maximum absolute atomic E-state index is 5.53. The number of aromatic nitrogens is 4. The number of nitrogens with zero attached hydrogens (tertiary/aromatic N) is 7. The molecule has 1 N–H and O–H groups in total. The lowest BCUT2D eigenvalue weighted by Crippen LogP contribution is -2.43. The summed E-state index contributed by atoms with van der Waals surface area (Å²) in [6.07, 6.45) is 6.84. The van der Waals surface area contributed by atoms with E-state index in [-0.39, 0.29) is 0 Å². The van der Waals surface area contributed by atoms with E-state index in [9.17, 15) is 0 Å². The van der Waals surface area contributed by atoms with Crippen LogP contribution < -0.4 is 20.0 Å². The summed E-state index contributed by atoms with van der Waals surface area (Å²) in [5, 5.41) is 3.39. The van der Waals surface area contributed by atoms with E-state index in [1.54, 1.807) is 0 Å². The van der Waals surface area contributed by atoms with E-state index < -0.39 is 0 Å². The topological polar surface area (TPSA) is 82.5 Å². The van der Waals surface area contributed by atoms with Gasteiger partial charge in [-0.15, -0.1) is 0 Å². The van der Waals surface area contributed by atoms with Gasteiger partial charge in [-0.1, -0.05) is 12.8 Å². The van der Waals surface area contributed by atoms with Crippen molar-refractivity contribution in [3.63, 3.8) is 0 Å². The molecule has 3 fully saturated rings. The molecule has 0 aromatic carbocycles. The van der Waals surface area contributed by atoms with Crippen molar-refractivity contribution in [3.8, 4) is 11.4 Å². The smallest absolute Gasteiger partial charge is 0.230 e. The van der Waals surface area contributed by atoms with Crippen molar-refractivity contribution in [3.05, 3.63) is 18.3 Å². The van der Waals surface area contributed by atoms with Crippen molar-refractivity contribution >= 4 is 17.7 Å². The Morgan fingerprint density at radius 2 is 1.39 bits per heavy atom. The molecule has 0 saturated carbocycles. The van der Waals surface area contributed by atoms with E-state index in [0.717, 1.165) is 75.6 Å². The molecule has 0 unspecified atom stereocenters. The molecule has 2 aromatic rings. The van der Waals surface area contributed by atoms with Gasteiger partial charge in [0.05, 0.1) is 13.2 Å². The molecular formula is C22H32N8O. The molecule has 0 radical (unpaired) electrons. The molecule has 0 atom stereocenters. The molecule has 0 bridgehead atoms. The van der Waals surface area contributed by atoms with Gasteiger partial charge in [0.15, 0.2) is 5.82 Å². The van der Waals surface area contributed by atoms with Crippen LogP contribution >= 0.6 is 0 Å². The average molecular weight is 425 g/mol. The lowest BCUT2D eigenvalue weighted by Gasteiger charge is -2.29. The van der Waals surface area contributed by atoms with E-state index in [1.165, 1.54) is 25.7 Å². The van der Waals surface area contributed by atoms with Crippen LogP contribution in [0.1, 0.15) is 25.7 Å². The minimum absolute atomic E-state index is 0.704. The number of piperazine rings is 1. The van der Waals surface area contributed by atoms with E-state index in [0.29, 0.717) is 19.0 Å². The third-order valence-electron chi connectivity index (χ3n) is 6.24. The van der Waals surface area contributed by atoms with Crippen LogP contribution in [0.5, 0.6) is 0 Å². The summed E-state index contributed by atoms with van der Waals surface area (Å²) in [7, 11) is 0. The van der Waals surface area contributed by atoms with Gasteiger partial charge >= 0.3 is 0 Å². The SMILES string of the molecule is c1cc(N2CCNCC2)ncc1-c1nc(N2CCCCCC2)nc(N2CCOCC2)n1. The van der Waals surface area contributed by atoms with Crippen molar-refractivity contribution in [1.82, 2.24) is 25.3 Å². The van der Waals surface area contributed by atoms with Crippen LogP contribution in [0.3, 0.4) is 0 Å². The molecule has 0 aliphatic carbocycles. The van der Waals surface area contributed by atoms with Gasteiger partial charge in [-0.2, -0.15) is 15.0 Å². The summed E-state index contributed by atoms with van der Waals surface area (Å²) < 4.78 is 5.53. The van der Waals surface area contributed by atoms with Gasteiger partial charge in [0.2, 0.25) is 11.9 Å². The Morgan fingerprint density at radius 1 is 0.710 bits per heavy atom. The molecule has 9 nitrogen and oxygen atoms in total. The minimum Gasteiger partial charge on any atom is -0.378 e. The van der Waals surface area contributed by atoms with Gasteiger partial charge < -0.3 is 24.8 Å². The van der Waals surface area contributed by atoms with E-state index in [4.69, 9.17) is 24.7 Å². The molecule has 5 rings (SSSR count). The normalized spacial score (nSPS) is 20.6. The predicted octanol–water partition coefficient (Wildman–Crippen LogP) is 1.56. The Hall–Kier alpha value is -2.52. The number of morpholine rings is 1. The lowest BCUT2D eigenvalue weighted by atomic mass is 10.2. The largest absolute Gasteiger partial charge is 0.378 e. The summed E-state index contributed by atoms with van der Waals surface area (Å²) in [5.74, 6) is 3.26. The van der Waals surface area contributed by atoms with Gasteiger partial charge in [0.25, 0.3) is 0 Å². The highest BCUT2D eigenvalue weighted by Crippen LogP contribution is 2.24. The first-order valence-electron chi connectivity index (χ1n) is 11.6. The predicted molar refractivity (Wildman–Crippen MR) is 122 cm³/mol. The molecule has 9 heteroatoms. The lowest BCUT2D eigenvalue weighted by molar-refractivity contribution is 0.122. The number of hydrogen-bond acceptors (Lipinski definition) is 9. The first-order valence-corrected chi connectivity index (χ1v) is 11.6. The molecule has 0 spiro atoms. The van der Waals surface area contributed by atoms with Crippen LogP contribution in [-0.4, -0.2) is 85.5 Å². The van der Waals surface area contributed by atoms with Crippen LogP contribution in [0, 0.1) is 0 Å². The first-order chi connectivity index (χ1) is 15.4. The molecule has 0 amide bonds. The summed E-state index contributed by atoms with van der Waals surface area (Å²) in [4.78, 5) is 26.2. The van der Waals surface area contributed by atoms with Crippen LogP contribution in [0.2, 0.25) is 0 Å². The fourth-order valence-electron chi connectivity index (χ4n) is 4.40. The fraction of sp³-hybridized carbons (Fsp3) is 0.636. The van der Waals surface area contributed by atoms with E-state index in [2.05, 4.69) is 32.1 Å². The quantitative estimate of drug-likeness (QED) is 0.786. The fourth-order valence-corrected chi connectivity index (χ4v) is 4.40.